The van der Waals surface area contributed by atoms with E-state index in [2.05, 4.69) is 73.6 Å². The number of rotatable bonds is 7. The highest BCUT2D eigenvalue weighted by molar-refractivity contribution is 9.10. The van der Waals surface area contributed by atoms with Gasteiger partial charge in [0.05, 0.1) is 35.3 Å². The van der Waals surface area contributed by atoms with Gasteiger partial charge in [0.15, 0.2) is 11.6 Å². The third kappa shape index (κ3) is 5.41. The largest absolute Gasteiger partial charge is 0.494 e. The van der Waals surface area contributed by atoms with Crippen molar-refractivity contribution in [3.63, 3.8) is 0 Å². The van der Waals surface area contributed by atoms with Crippen molar-refractivity contribution in [3.8, 4) is 11.4 Å². The van der Waals surface area contributed by atoms with Crippen LogP contribution in [-0.4, -0.2) is 41.0 Å². The fourth-order valence-corrected chi connectivity index (χ4v) is 8.06. The molecule has 0 N–H and O–H groups in total. The molecule has 1 aliphatic rings. The molecule has 2 aromatic heterocycles. The third-order valence-corrected chi connectivity index (χ3v) is 10.9. The standard InChI is InChI=1S/C46H30BBrN2O4/c48-34-15-19-36(20-16-34)50-42-26-32(46(52)30-9-5-2-6-10-30)12-22-38(42)40-27-43-39(28-44(40)50)37-21-11-31(45(51)29-7-3-1-4-8-29)25-41(37)49(43)35-17-13-33(14-18-35)47-53-23-24-54-47/h1-22,25-28H,23-24H2. The van der Waals surface area contributed by atoms with E-state index in [0.717, 1.165) is 64.9 Å². The van der Waals surface area contributed by atoms with Crippen molar-refractivity contribution in [1.29, 1.82) is 0 Å². The summed E-state index contributed by atoms with van der Waals surface area (Å²) in [6.07, 6.45) is 0. The molecule has 0 amide bonds. The maximum absolute atomic E-state index is 13.8. The van der Waals surface area contributed by atoms with Crippen LogP contribution in [0.4, 0.5) is 0 Å². The molecule has 1 saturated heterocycles. The van der Waals surface area contributed by atoms with E-state index < -0.39 is 0 Å². The molecule has 0 bridgehead atoms. The molecule has 0 aliphatic carbocycles. The second kappa shape index (κ2) is 13.1. The zero-order valence-electron chi connectivity index (χ0n) is 28.9. The molecule has 0 radical (unpaired) electrons. The number of hydrogen-bond acceptors (Lipinski definition) is 4. The summed E-state index contributed by atoms with van der Waals surface area (Å²) in [6.45, 7) is 1.15. The molecule has 10 rings (SSSR count). The van der Waals surface area contributed by atoms with Crippen molar-refractivity contribution in [2.45, 2.75) is 0 Å². The van der Waals surface area contributed by atoms with Gasteiger partial charge in [0, 0.05) is 59.6 Å². The first kappa shape index (κ1) is 32.6. The summed E-state index contributed by atoms with van der Waals surface area (Å²) in [5.41, 5.74) is 9.31. The molecule has 9 aromatic rings. The Morgan fingerprint density at radius 1 is 0.463 bits per heavy atom. The van der Waals surface area contributed by atoms with Crippen molar-refractivity contribution in [3.05, 3.63) is 184 Å². The summed E-state index contributed by atoms with van der Waals surface area (Å²) in [4.78, 5) is 27.5. The molecule has 7 aromatic carbocycles. The second-order valence-electron chi connectivity index (χ2n) is 13.6. The second-order valence-corrected chi connectivity index (χ2v) is 14.5. The Kier molecular flexibility index (Phi) is 7.91. The van der Waals surface area contributed by atoms with Crippen molar-refractivity contribution in [2.24, 2.45) is 0 Å². The molecular formula is C46H30BBrN2O4. The third-order valence-electron chi connectivity index (χ3n) is 10.4. The van der Waals surface area contributed by atoms with Crippen LogP contribution in [0.15, 0.2) is 162 Å². The Morgan fingerprint density at radius 2 is 0.889 bits per heavy atom. The number of ketones is 2. The Hall–Kier alpha value is -6.06. The molecule has 3 heterocycles. The minimum absolute atomic E-state index is 0.0228. The lowest BCUT2D eigenvalue weighted by atomic mass is 9.79. The van der Waals surface area contributed by atoms with Gasteiger partial charge in [-0.15, -0.1) is 0 Å². The van der Waals surface area contributed by atoms with Gasteiger partial charge in [-0.1, -0.05) is 113 Å². The summed E-state index contributed by atoms with van der Waals surface area (Å²) in [6, 6.07) is 51.8. The predicted octanol–water partition coefficient (Wildman–Crippen LogP) is 9.85. The van der Waals surface area contributed by atoms with Crippen molar-refractivity contribution < 1.29 is 18.9 Å². The summed E-state index contributed by atoms with van der Waals surface area (Å²) in [5, 5.41) is 4.15. The maximum Gasteiger partial charge on any atom is 0.494 e. The molecule has 8 heteroatoms. The van der Waals surface area contributed by atoms with E-state index in [4.69, 9.17) is 9.31 Å². The van der Waals surface area contributed by atoms with E-state index in [1.807, 2.05) is 109 Å². The summed E-state index contributed by atoms with van der Waals surface area (Å²) >= 11 is 3.61. The monoisotopic (exact) mass is 764 g/mol. The van der Waals surface area contributed by atoms with Crippen LogP contribution in [0.3, 0.4) is 0 Å². The SMILES string of the molecule is O=C(c1ccccc1)c1ccc2c3cc4c(cc3n(-c3ccc(Br)cc3)c2c1)c1ccc(C(=O)c2ccccc2)cc1n4-c1ccc(B2OCCO2)cc1. The zero-order valence-corrected chi connectivity index (χ0v) is 30.5. The Morgan fingerprint density at radius 3 is 1.35 bits per heavy atom. The number of hydrogen-bond donors (Lipinski definition) is 0. The smallest absolute Gasteiger partial charge is 0.405 e. The Balaban J connectivity index is 1.24. The number of benzene rings is 7. The lowest BCUT2D eigenvalue weighted by molar-refractivity contribution is 0.103. The van der Waals surface area contributed by atoms with E-state index in [1.165, 1.54) is 0 Å². The number of nitrogens with zero attached hydrogens (tertiary/aromatic N) is 2. The highest BCUT2D eigenvalue weighted by Gasteiger charge is 2.26. The van der Waals surface area contributed by atoms with Crippen molar-refractivity contribution >= 4 is 83.7 Å². The van der Waals surface area contributed by atoms with Gasteiger partial charge in [-0.3, -0.25) is 9.59 Å². The number of carbonyl (C=O) groups is 2. The van der Waals surface area contributed by atoms with Crippen LogP contribution < -0.4 is 5.46 Å². The zero-order chi connectivity index (χ0) is 36.3. The maximum atomic E-state index is 13.8. The number of fused-ring (bicyclic) bond motifs is 6. The van der Waals surface area contributed by atoms with Crippen LogP contribution in [0.1, 0.15) is 31.8 Å². The van der Waals surface area contributed by atoms with Gasteiger partial charge in [0.1, 0.15) is 0 Å². The van der Waals surface area contributed by atoms with Gasteiger partial charge in [0.25, 0.3) is 0 Å². The molecule has 0 atom stereocenters. The van der Waals surface area contributed by atoms with Crippen LogP contribution in [0, 0.1) is 0 Å². The van der Waals surface area contributed by atoms with Gasteiger partial charge in [0.2, 0.25) is 0 Å². The van der Waals surface area contributed by atoms with E-state index >= 15 is 0 Å². The van der Waals surface area contributed by atoms with Gasteiger partial charge >= 0.3 is 7.12 Å². The number of carbonyl (C=O) groups excluding carboxylic acids is 2. The van der Waals surface area contributed by atoms with Gasteiger partial charge in [-0.2, -0.15) is 0 Å². The van der Waals surface area contributed by atoms with Crippen LogP contribution >= 0.6 is 15.9 Å². The number of aromatic nitrogens is 2. The van der Waals surface area contributed by atoms with Gasteiger partial charge in [-0.05, 0) is 66.1 Å². The lowest BCUT2D eigenvalue weighted by Crippen LogP contribution is -2.31. The molecule has 1 fully saturated rings. The predicted molar refractivity (Wildman–Crippen MR) is 220 cm³/mol. The topological polar surface area (TPSA) is 62.5 Å². The van der Waals surface area contributed by atoms with Crippen LogP contribution in [0.5, 0.6) is 0 Å². The van der Waals surface area contributed by atoms with Crippen LogP contribution in [-0.2, 0) is 9.31 Å². The van der Waals surface area contributed by atoms with E-state index in [9.17, 15) is 9.59 Å². The molecular weight excluding hydrogens is 735 g/mol. The first-order chi connectivity index (χ1) is 26.5. The minimum atomic E-state index is -0.379. The van der Waals surface area contributed by atoms with Crippen LogP contribution in [0.2, 0.25) is 0 Å². The fourth-order valence-electron chi connectivity index (χ4n) is 7.80. The molecule has 6 nitrogen and oxygen atoms in total. The molecule has 0 spiro atoms. The average molecular weight is 765 g/mol. The molecule has 1 aliphatic heterocycles. The van der Waals surface area contributed by atoms with E-state index in [0.29, 0.717) is 35.5 Å². The average Bonchev–Trinajstić information content (AvgIpc) is 3.96. The highest BCUT2D eigenvalue weighted by atomic mass is 79.9. The highest BCUT2D eigenvalue weighted by Crippen LogP contribution is 2.40. The van der Waals surface area contributed by atoms with Crippen molar-refractivity contribution in [2.75, 3.05) is 13.2 Å². The van der Waals surface area contributed by atoms with E-state index in [1.54, 1.807) is 0 Å². The Bertz CT molecular complexity index is 2910. The first-order valence-electron chi connectivity index (χ1n) is 17.9. The van der Waals surface area contributed by atoms with Crippen LogP contribution in [0.25, 0.3) is 55.0 Å². The fraction of sp³-hybridized carbons (Fsp3) is 0.0435. The number of halogens is 1. The van der Waals surface area contributed by atoms with Gasteiger partial charge in [-0.25, -0.2) is 0 Å². The summed E-state index contributed by atoms with van der Waals surface area (Å²) < 4.78 is 17.0. The normalized spacial score (nSPS) is 13.1. The summed E-state index contributed by atoms with van der Waals surface area (Å²) in [5.74, 6) is -0.0516. The first-order valence-corrected chi connectivity index (χ1v) is 18.7. The lowest BCUT2D eigenvalue weighted by Gasteiger charge is -2.11. The molecule has 0 saturated carbocycles. The summed E-state index contributed by atoms with van der Waals surface area (Å²) in [7, 11) is -0.379. The van der Waals surface area contributed by atoms with E-state index in [-0.39, 0.29) is 18.7 Å². The molecule has 54 heavy (non-hydrogen) atoms. The minimum Gasteiger partial charge on any atom is -0.405 e. The Labute approximate surface area is 319 Å². The van der Waals surface area contributed by atoms with Gasteiger partial charge < -0.3 is 18.4 Å². The quantitative estimate of drug-likeness (QED) is 0.120. The van der Waals surface area contributed by atoms with Crippen molar-refractivity contribution in [1.82, 2.24) is 9.13 Å². The molecule has 0 unspecified atom stereocenters. The molecule has 258 valence electrons.